The summed E-state index contributed by atoms with van der Waals surface area (Å²) >= 11 is 0. The average Bonchev–Trinajstić information content (AvgIpc) is 3.11. The van der Waals surface area contributed by atoms with Gasteiger partial charge in [-0.2, -0.15) is 0 Å². The summed E-state index contributed by atoms with van der Waals surface area (Å²) in [6.07, 6.45) is 1.51. The summed E-state index contributed by atoms with van der Waals surface area (Å²) in [5.41, 5.74) is 4.13. The smallest absolute Gasteiger partial charge is 0.254 e. The minimum absolute atomic E-state index is 0.0693. The number of rotatable bonds is 2. The van der Waals surface area contributed by atoms with Crippen LogP contribution in [0.25, 0.3) is 0 Å². The number of ether oxygens (including phenoxy) is 1. The fourth-order valence-corrected chi connectivity index (χ4v) is 3.47. The molecule has 2 fully saturated rings. The zero-order valence-electron chi connectivity index (χ0n) is 14.8. The molecule has 130 valence electrons. The Hall–Kier alpha value is -1.88. The predicted molar refractivity (Wildman–Crippen MR) is 92.1 cm³/mol. The van der Waals surface area contributed by atoms with Crippen LogP contribution < -0.4 is 0 Å². The highest BCUT2D eigenvalue weighted by molar-refractivity contribution is 5.96. The second-order valence-corrected chi connectivity index (χ2v) is 6.87. The predicted octanol–water partition coefficient (Wildman–Crippen LogP) is 2.08. The average molecular weight is 330 g/mol. The van der Waals surface area contributed by atoms with Crippen LogP contribution in [0.15, 0.2) is 12.1 Å². The second kappa shape index (κ2) is 6.93. The van der Waals surface area contributed by atoms with Gasteiger partial charge in [0.1, 0.15) is 6.10 Å². The first-order chi connectivity index (χ1) is 11.5. The molecule has 2 aliphatic rings. The zero-order chi connectivity index (χ0) is 17.3. The number of hydrogen-bond donors (Lipinski definition) is 0. The maximum atomic E-state index is 12.8. The largest absolute Gasteiger partial charge is 0.368 e. The van der Waals surface area contributed by atoms with Crippen LogP contribution in [-0.4, -0.2) is 60.5 Å². The van der Waals surface area contributed by atoms with Crippen molar-refractivity contribution in [3.8, 4) is 0 Å². The normalized spacial score (nSPS) is 21.2. The lowest BCUT2D eigenvalue weighted by Crippen LogP contribution is -2.52. The Morgan fingerprint density at radius 2 is 1.58 bits per heavy atom. The number of nitrogens with zero attached hydrogens (tertiary/aromatic N) is 2. The van der Waals surface area contributed by atoms with E-state index in [1.54, 1.807) is 0 Å². The van der Waals surface area contributed by atoms with E-state index >= 15 is 0 Å². The highest BCUT2D eigenvalue weighted by Crippen LogP contribution is 2.19. The lowest BCUT2D eigenvalue weighted by molar-refractivity contribution is -0.142. The summed E-state index contributed by atoms with van der Waals surface area (Å²) < 4.78 is 5.48. The van der Waals surface area contributed by atoms with Gasteiger partial charge < -0.3 is 14.5 Å². The molecule has 5 heteroatoms. The monoisotopic (exact) mass is 330 g/mol. The topological polar surface area (TPSA) is 49.9 Å². The van der Waals surface area contributed by atoms with Gasteiger partial charge in [0.25, 0.3) is 11.8 Å². The van der Waals surface area contributed by atoms with Crippen LogP contribution in [0.2, 0.25) is 0 Å². The molecule has 0 aliphatic carbocycles. The van der Waals surface area contributed by atoms with Crippen molar-refractivity contribution in [1.29, 1.82) is 0 Å². The lowest BCUT2D eigenvalue weighted by Gasteiger charge is -2.36. The van der Waals surface area contributed by atoms with Crippen LogP contribution >= 0.6 is 0 Å². The highest BCUT2D eigenvalue weighted by Gasteiger charge is 2.31. The van der Waals surface area contributed by atoms with Crippen LogP contribution in [0.4, 0.5) is 0 Å². The number of carbonyl (C=O) groups excluding carboxylic acids is 2. The molecule has 1 aromatic carbocycles. The van der Waals surface area contributed by atoms with Crippen LogP contribution in [0.1, 0.15) is 39.9 Å². The number of aryl methyl sites for hydroxylation is 3. The Morgan fingerprint density at radius 3 is 2.21 bits per heavy atom. The fourth-order valence-electron chi connectivity index (χ4n) is 3.47. The molecule has 2 heterocycles. The second-order valence-electron chi connectivity index (χ2n) is 6.87. The quantitative estimate of drug-likeness (QED) is 0.834. The van der Waals surface area contributed by atoms with Crippen molar-refractivity contribution in [3.05, 3.63) is 34.4 Å². The van der Waals surface area contributed by atoms with Gasteiger partial charge in [-0.1, -0.05) is 6.07 Å². The molecule has 5 nitrogen and oxygen atoms in total. The van der Waals surface area contributed by atoms with Gasteiger partial charge in [0.05, 0.1) is 0 Å². The zero-order valence-corrected chi connectivity index (χ0v) is 14.8. The maximum Gasteiger partial charge on any atom is 0.254 e. The van der Waals surface area contributed by atoms with Crippen molar-refractivity contribution in [2.45, 2.75) is 39.7 Å². The van der Waals surface area contributed by atoms with Crippen molar-refractivity contribution in [3.63, 3.8) is 0 Å². The molecule has 24 heavy (non-hydrogen) atoms. The third-order valence-corrected chi connectivity index (χ3v) is 5.15. The molecular weight excluding hydrogens is 304 g/mol. The van der Waals surface area contributed by atoms with Gasteiger partial charge >= 0.3 is 0 Å². The van der Waals surface area contributed by atoms with Gasteiger partial charge in [-0.3, -0.25) is 9.59 Å². The molecule has 0 aromatic heterocycles. The summed E-state index contributed by atoms with van der Waals surface area (Å²) in [7, 11) is 0. The molecule has 0 saturated carbocycles. The molecule has 2 amide bonds. The Labute approximate surface area is 143 Å². The summed E-state index contributed by atoms with van der Waals surface area (Å²) in [5, 5.41) is 0. The van der Waals surface area contributed by atoms with E-state index in [1.165, 1.54) is 5.56 Å². The third kappa shape index (κ3) is 3.31. The number of benzene rings is 1. The molecule has 0 radical (unpaired) electrons. The van der Waals surface area contributed by atoms with Gasteiger partial charge in [0, 0.05) is 38.3 Å². The summed E-state index contributed by atoms with van der Waals surface area (Å²) in [5.74, 6) is 0.154. The van der Waals surface area contributed by atoms with Crippen LogP contribution in [0.5, 0.6) is 0 Å². The summed E-state index contributed by atoms with van der Waals surface area (Å²) in [4.78, 5) is 28.9. The molecule has 1 aromatic rings. The maximum absolute atomic E-state index is 12.8. The molecule has 3 rings (SSSR count). The van der Waals surface area contributed by atoms with Gasteiger partial charge in [0.15, 0.2) is 0 Å². The van der Waals surface area contributed by atoms with E-state index in [0.29, 0.717) is 32.8 Å². The number of hydrogen-bond acceptors (Lipinski definition) is 3. The lowest BCUT2D eigenvalue weighted by atomic mass is 10.00. The molecule has 1 atom stereocenters. The molecule has 0 spiro atoms. The Kier molecular flexibility index (Phi) is 4.90. The molecule has 1 unspecified atom stereocenters. The minimum atomic E-state index is -0.269. The van der Waals surface area contributed by atoms with E-state index < -0.39 is 0 Å². The molecule has 0 bridgehead atoms. The Morgan fingerprint density at radius 1 is 0.958 bits per heavy atom. The number of carbonyl (C=O) groups is 2. The molecule has 2 aliphatic heterocycles. The van der Waals surface area contributed by atoms with Crippen molar-refractivity contribution < 1.29 is 14.3 Å². The Bertz CT molecular complexity index is 642. The first-order valence-corrected chi connectivity index (χ1v) is 8.75. The van der Waals surface area contributed by atoms with Crippen molar-refractivity contribution in [2.24, 2.45) is 0 Å². The molecule has 0 N–H and O–H groups in total. The van der Waals surface area contributed by atoms with Crippen LogP contribution in [0.3, 0.4) is 0 Å². The Balaban J connectivity index is 1.63. The molecular formula is C19H26N2O3. The van der Waals surface area contributed by atoms with E-state index in [2.05, 4.69) is 13.0 Å². The number of piperazine rings is 1. The van der Waals surface area contributed by atoms with E-state index in [0.717, 1.165) is 29.5 Å². The third-order valence-electron chi connectivity index (χ3n) is 5.15. The van der Waals surface area contributed by atoms with Crippen LogP contribution in [0, 0.1) is 20.8 Å². The minimum Gasteiger partial charge on any atom is -0.368 e. The van der Waals surface area contributed by atoms with Gasteiger partial charge in [0.2, 0.25) is 0 Å². The van der Waals surface area contributed by atoms with Crippen molar-refractivity contribution in [1.82, 2.24) is 9.80 Å². The van der Waals surface area contributed by atoms with Gasteiger partial charge in [-0.15, -0.1) is 0 Å². The fraction of sp³-hybridized carbons (Fsp3) is 0.579. The first-order valence-electron chi connectivity index (χ1n) is 8.75. The van der Waals surface area contributed by atoms with Gasteiger partial charge in [-0.25, -0.2) is 0 Å². The first kappa shape index (κ1) is 17.0. The van der Waals surface area contributed by atoms with Crippen LogP contribution in [-0.2, 0) is 9.53 Å². The van der Waals surface area contributed by atoms with E-state index in [4.69, 9.17) is 4.74 Å². The van der Waals surface area contributed by atoms with E-state index in [1.807, 2.05) is 29.7 Å². The number of amides is 2. The standard InChI is InChI=1S/C19H26N2O3/c1-13-11-15(3)16(12-14(13)2)18(22)20-6-8-21(9-7-20)19(23)17-5-4-10-24-17/h11-12,17H,4-10H2,1-3H3. The van der Waals surface area contributed by atoms with E-state index in [-0.39, 0.29) is 17.9 Å². The molecule has 2 saturated heterocycles. The van der Waals surface area contributed by atoms with E-state index in [9.17, 15) is 9.59 Å². The highest BCUT2D eigenvalue weighted by atomic mass is 16.5. The van der Waals surface area contributed by atoms with Gasteiger partial charge in [-0.05, 0) is 56.4 Å². The summed E-state index contributed by atoms with van der Waals surface area (Å²) in [6, 6.07) is 4.05. The van der Waals surface area contributed by atoms with Crippen molar-refractivity contribution >= 4 is 11.8 Å². The summed E-state index contributed by atoms with van der Waals surface area (Å²) in [6.45, 7) is 9.11. The SMILES string of the molecule is Cc1cc(C)c(C(=O)N2CCN(C(=O)C3CCCO3)CC2)cc1C. The van der Waals surface area contributed by atoms with Crippen molar-refractivity contribution in [2.75, 3.05) is 32.8 Å².